The first-order valence-electron chi connectivity index (χ1n) is 10.9. The minimum Gasteiger partial charge on any atom is -0.394 e. The summed E-state index contributed by atoms with van der Waals surface area (Å²) >= 11 is 1.01. The van der Waals surface area contributed by atoms with Crippen LogP contribution in [0.5, 0.6) is 0 Å². The van der Waals surface area contributed by atoms with Crippen LogP contribution in [0.4, 0.5) is 19.0 Å². The second-order valence-corrected chi connectivity index (χ2v) is 9.52. The van der Waals surface area contributed by atoms with Crippen LogP contribution < -0.4 is 4.90 Å². The van der Waals surface area contributed by atoms with Crippen molar-refractivity contribution in [3.05, 3.63) is 53.2 Å². The molecule has 1 aliphatic rings. The average molecular weight is 481 g/mol. The van der Waals surface area contributed by atoms with Gasteiger partial charge in [-0.25, -0.2) is 9.97 Å². The third-order valence-corrected chi connectivity index (χ3v) is 6.91. The number of aliphatic hydroxyl groups is 2. The fourth-order valence-electron chi connectivity index (χ4n) is 4.33. The van der Waals surface area contributed by atoms with Crippen molar-refractivity contribution in [2.24, 2.45) is 0 Å². The molecule has 0 radical (unpaired) electrons. The van der Waals surface area contributed by atoms with Gasteiger partial charge in [0.05, 0.1) is 24.5 Å². The molecule has 1 unspecified atom stereocenters. The van der Waals surface area contributed by atoms with E-state index in [-0.39, 0.29) is 17.5 Å². The number of fused-ring (bicyclic) bond motifs is 1. The van der Waals surface area contributed by atoms with E-state index in [1.165, 1.54) is 18.0 Å². The third-order valence-electron chi connectivity index (χ3n) is 5.87. The SMILES string of the molecule is OCC(O)CN(c1ncnc2sc(CC(F)(F)F)cc12)C1CCN(Cc2ccccc2)CC1. The van der Waals surface area contributed by atoms with Gasteiger partial charge in [-0.2, -0.15) is 13.2 Å². The summed E-state index contributed by atoms with van der Waals surface area (Å²) in [6, 6.07) is 11.8. The molecule has 1 atom stereocenters. The van der Waals surface area contributed by atoms with E-state index in [0.29, 0.717) is 16.0 Å². The fourth-order valence-corrected chi connectivity index (χ4v) is 5.35. The quantitative estimate of drug-likeness (QED) is 0.513. The number of benzene rings is 1. The van der Waals surface area contributed by atoms with Gasteiger partial charge in [-0.3, -0.25) is 4.90 Å². The summed E-state index contributed by atoms with van der Waals surface area (Å²) in [6.07, 6.45) is -3.30. The van der Waals surface area contributed by atoms with Crippen LogP contribution in [0, 0.1) is 0 Å². The van der Waals surface area contributed by atoms with Crippen LogP contribution in [0.25, 0.3) is 10.2 Å². The summed E-state index contributed by atoms with van der Waals surface area (Å²) in [4.78, 5) is 13.6. The summed E-state index contributed by atoms with van der Waals surface area (Å²) in [5.74, 6) is 0.513. The first-order chi connectivity index (χ1) is 15.8. The Hall–Kier alpha value is -2.27. The summed E-state index contributed by atoms with van der Waals surface area (Å²) < 4.78 is 38.8. The van der Waals surface area contributed by atoms with Gasteiger partial charge in [0.15, 0.2) is 0 Å². The molecule has 178 valence electrons. The lowest BCUT2D eigenvalue weighted by Gasteiger charge is -2.40. The number of thiophene rings is 1. The van der Waals surface area contributed by atoms with Gasteiger partial charge in [-0.15, -0.1) is 11.3 Å². The minimum absolute atomic E-state index is 0.0438. The van der Waals surface area contributed by atoms with E-state index < -0.39 is 25.3 Å². The van der Waals surface area contributed by atoms with Gasteiger partial charge in [0.2, 0.25) is 0 Å². The molecule has 3 heterocycles. The Labute approximate surface area is 194 Å². The second kappa shape index (κ2) is 10.3. The Morgan fingerprint density at radius 2 is 1.88 bits per heavy atom. The van der Waals surface area contributed by atoms with Crippen molar-refractivity contribution in [3.63, 3.8) is 0 Å². The van der Waals surface area contributed by atoms with Crippen LogP contribution in [0.1, 0.15) is 23.3 Å². The predicted molar refractivity (Wildman–Crippen MR) is 122 cm³/mol. The number of rotatable bonds is 8. The molecule has 1 fully saturated rings. The third kappa shape index (κ3) is 6.20. The molecule has 0 amide bonds. The molecule has 1 saturated heterocycles. The molecular formula is C23H27F3N4O2S. The molecule has 4 rings (SSSR count). The number of piperidine rings is 1. The molecule has 1 aliphatic heterocycles. The number of aromatic nitrogens is 2. The van der Waals surface area contributed by atoms with Gasteiger partial charge in [0.1, 0.15) is 17.0 Å². The molecule has 6 nitrogen and oxygen atoms in total. The molecule has 0 spiro atoms. The smallest absolute Gasteiger partial charge is 0.393 e. The maximum atomic E-state index is 12.9. The molecule has 0 aliphatic carbocycles. The van der Waals surface area contributed by atoms with E-state index in [9.17, 15) is 23.4 Å². The number of nitrogens with zero attached hydrogens (tertiary/aromatic N) is 4. The van der Waals surface area contributed by atoms with E-state index >= 15 is 0 Å². The topological polar surface area (TPSA) is 72.7 Å². The molecular weight excluding hydrogens is 453 g/mol. The van der Waals surface area contributed by atoms with Crippen LogP contribution in [0.3, 0.4) is 0 Å². The highest BCUT2D eigenvalue weighted by Crippen LogP contribution is 2.35. The largest absolute Gasteiger partial charge is 0.394 e. The van der Waals surface area contributed by atoms with Gasteiger partial charge in [0, 0.05) is 37.1 Å². The highest BCUT2D eigenvalue weighted by Gasteiger charge is 2.31. The number of hydrogen-bond acceptors (Lipinski definition) is 7. The van der Waals surface area contributed by atoms with E-state index in [4.69, 9.17) is 0 Å². The van der Waals surface area contributed by atoms with Crippen LogP contribution in [-0.2, 0) is 13.0 Å². The zero-order valence-electron chi connectivity index (χ0n) is 18.1. The van der Waals surface area contributed by atoms with Crippen molar-refractivity contribution in [3.8, 4) is 0 Å². The number of hydrogen-bond donors (Lipinski definition) is 2. The number of anilines is 1. The Balaban J connectivity index is 1.55. The average Bonchev–Trinajstić information content (AvgIpc) is 3.19. The fraction of sp³-hybridized carbons (Fsp3) is 0.478. The Bertz CT molecular complexity index is 1040. The van der Waals surface area contributed by atoms with Gasteiger partial charge in [-0.1, -0.05) is 30.3 Å². The van der Waals surface area contributed by atoms with E-state index in [0.717, 1.165) is 43.8 Å². The van der Waals surface area contributed by atoms with Crippen molar-refractivity contribution in [1.29, 1.82) is 0 Å². The van der Waals surface area contributed by atoms with Crippen LogP contribution in [0.15, 0.2) is 42.7 Å². The lowest BCUT2D eigenvalue weighted by atomic mass is 10.0. The maximum absolute atomic E-state index is 12.9. The van der Waals surface area contributed by atoms with Crippen LogP contribution >= 0.6 is 11.3 Å². The summed E-state index contributed by atoms with van der Waals surface area (Å²) in [7, 11) is 0. The summed E-state index contributed by atoms with van der Waals surface area (Å²) in [5, 5.41) is 20.2. The molecule has 10 heteroatoms. The number of halogens is 3. The van der Waals surface area contributed by atoms with Gasteiger partial charge >= 0.3 is 6.18 Å². The Morgan fingerprint density at radius 3 is 2.55 bits per heavy atom. The highest BCUT2D eigenvalue weighted by molar-refractivity contribution is 7.18. The van der Waals surface area contributed by atoms with Crippen molar-refractivity contribution >= 4 is 27.4 Å². The normalized spacial score (nSPS) is 16.9. The first kappa shape index (κ1) is 23.9. The number of alkyl halides is 3. The zero-order valence-corrected chi connectivity index (χ0v) is 18.9. The van der Waals surface area contributed by atoms with Gasteiger partial charge in [0.25, 0.3) is 0 Å². The number of likely N-dealkylation sites (tertiary alicyclic amines) is 1. The van der Waals surface area contributed by atoms with Crippen molar-refractivity contribution in [1.82, 2.24) is 14.9 Å². The molecule has 2 N–H and O–H groups in total. The molecule has 0 saturated carbocycles. The summed E-state index contributed by atoms with van der Waals surface area (Å²) in [5.41, 5.74) is 1.25. The van der Waals surface area contributed by atoms with E-state index in [1.807, 2.05) is 23.1 Å². The minimum atomic E-state index is -4.30. The van der Waals surface area contributed by atoms with Crippen molar-refractivity contribution < 1.29 is 23.4 Å². The molecule has 33 heavy (non-hydrogen) atoms. The maximum Gasteiger partial charge on any atom is 0.393 e. The van der Waals surface area contributed by atoms with Gasteiger partial charge < -0.3 is 15.1 Å². The van der Waals surface area contributed by atoms with Crippen molar-refractivity contribution in [2.75, 3.05) is 31.1 Å². The van der Waals surface area contributed by atoms with E-state index in [2.05, 4.69) is 27.0 Å². The molecule has 3 aromatic rings. The lowest BCUT2D eigenvalue weighted by molar-refractivity contribution is -0.126. The predicted octanol–water partition coefficient (Wildman–Crippen LogP) is 3.62. The molecule has 0 bridgehead atoms. The zero-order chi connectivity index (χ0) is 23.4. The molecule has 2 aromatic heterocycles. The van der Waals surface area contributed by atoms with Crippen LogP contribution in [-0.4, -0.2) is 69.6 Å². The first-order valence-corrected chi connectivity index (χ1v) is 11.8. The molecule has 1 aromatic carbocycles. The van der Waals surface area contributed by atoms with Crippen LogP contribution in [0.2, 0.25) is 0 Å². The lowest BCUT2D eigenvalue weighted by Crippen LogP contribution is -2.48. The number of aliphatic hydroxyl groups excluding tert-OH is 2. The summed E-state index contributed by atoms with van der Waals surface area (Å²) in [6.45, 7) is 2.30. The standard InChI is InChI=1S/C23H27F3N4O2S/c24-23(25,26)11-19-10-20-21(27-15-28-22(20)33-19)30(13-18(32)14-31)17-6-8-29(9-7-17)12-16-4-2-1-3-5-16/h1-5,10,15,17-18,31-32H,6-9,11-14H2. The Kier molecular flexibility index (Phi) is 7.48. The monoisotopic (exact) mass is 480 g/mol. The highest BCUT2D eigenvalue weighted by atomic mass is 32.1. The second-order valence-electron chi connectivity index (χ2n) is 8.40. The van der Waals surface area contributed by atoms with Crippen molar-refractivity contribution in [2.45, 2.75) is 44.1 Å². The van der Waals surface area contributed by atoms with E-state index in [1.54, 1.807) is 0 Å². The Morgan fingerprint density at radius 1 is 1.15 bits per heavy atom. The van der Waals surface area contributed by atoms with Gasteiger partial charge in [-0.05, 0) is 24.5 Å².